The van der Waals surface area contributed by atoms with Gasteiger partial charge in [-0.3, -0.25) is 4.79 Å². The van der Waals surface area contributed by atoms with Gasteiger partial charge in [0, 0.05) is 12.4 Å². The molecule has 2 N–H and O–H groups in total. The van der Waals surface area contributed by atoms with E-state index in [1.54, 1.807) is 10.7 Å². The maximum Gasteiger partial charge on any atom is 0.257 e. The Morgan fingerprint density at radius 2 is 2.18 bits per heavy atom. The quantitative estimate of drug-likeness (QED) is 0.761. The van der Waals surface area contributed by atoms with Gasteiger partial charge < -0.3 is 19.9 Å². The van der Waals surface area contributed by atoms with Crippen LogP contribution in [0.1, 0.15) is 15.9 Å². The monoisotopic (exact) mass is 304 g/mol. The molecular weight excluding hydrogens is 288 g/mol. The molecule has 1 amide bonds. The fourth-order valence-corrected chi connectivity index (χ4v) is 2.98. The number of nitrogens with zero attached hydrogens (tertiary/aromatic N) is 3. The van der Waals surface area contributed by atoms with Crippen LogP contribution in [0, 0.1) is 6.92 Å². The summed E-state index contributed by atoms with van der Waals surface area (Å²) in [4.78, 5) is 16.7. The zero-order valence-corrected chi connectivity index (χ0v) is 12.0. The van der Waals surface area contributed by atoms with Crippen molar-refractivity contribution < 1.29 is 19.4 Å². The Labute approximate surface area is 126 Å². The van der Waals surface area contributed by atoms with Crippen molar-refractivity contribution in [3.8, 4) is 0 Å². The Morgan fingerprint density at radius 3 is 3.05 bits per heavy atom. The van der Waals surface area contributed by atoms with E-state index in [-0.39, 0.29) is 30.8 Å². The van der Waals surface area contributed by atoms with Crippen LogP contribution < -0.4 is 5.32 Å². The van der Waals surface area contributed by atoms with Crippen molar-refractivity contribution in [3.05, 3.63) is 29.7 Å². The Balaban J connectivity index is 1.54. The fraction of sp³-hybridized carbons (Fsp3) is 0.500. The number of rotatable bonds is 2. The molecule has 0 saturated carbocycles. The van der Waals surface area contributed by atoms with Crippen LogP contribution in [0.15, 0.2) is 18.6 Å². The van der Waals surface area contributed by atoms with Crippen LogP contribution in [0.25, 0.3) is 5.65 Å². The van der Waals surface area contributed by atoms with Crippen molar-refractivity contribution in [1.82, 2.24) is 19.9 Å². The van der Waals surface area contributed by atoms with Crippen LogP contribution in [0.2, 0.25) is 0 Å². The van der Waals surface area contributed by atoms with E-state index in [1.165, 1.54) is 6.20 Å². The number of aryl methyl sites for hydroxylation is 1. The molecule has 4 heterocycles. The van der Waals surface area contributed by atoms with E-state index < -0.39 is 6.10 Å². The standard InChI is InChI=1S/C14H16N4O4/c1-7-2-15-13-8(3-16-18(13)4-7)14(20)17-9-5-21-12-10(19)6-22-11(9)12/h2-4,9-12,19H,5-6H2,1H3,(H,17,20)/t9-,10-,11+,12+/m0/s1. The highest BCUT2D eigenvalue weighted by molar-refractivity contribution is 5.99. The zero-order chi connectivity index (χ0) is 15.3. The van der Waals surface area contributed by atoms with E-state index >= 15 is 0 Å². The summed E-state index contributed by atoms with van der Waals surface area (Å²) < 4.78 is 12.6. The number of hydrogen-bond acceptors (Lipinski definition) is 6. The Hall–Kier alpha value is -2.03. The maximum atomic E-state index is 12.5. The van der Waals surface area contributed by atoms with E-state index in [0.717, 1.165) is 5.56 Å². The van der Waals surface area contributed by atoms with Crippen molar-refractivity contribution in [2.75, 3.05) is 13.2 Å². The third kappa shape index (κ3) is 2.07. The largest absolute Gasteiger partial charge is 0.388 e. The summed E-state index contributed by atoms with van der Waals surface area (Å²) in [5.41, 5.74) is 1.87. The number of aromatic nitrogens is 3. The Morgan fingerprint density at radius 1 is 1.36 bits per heavy atom. The van der Waals surface area contributed by atoms with E-state index in [4.69, 9.17) is 9.47 Å². The molecule has 0 aromatic carbocycles. The molecule has 116 valence electrons. The van der Waals surface area contributed by atoms with Gasteiger partial charge in [-0.05, 0) is 12.5 Å². The van der Waals surface area contributed by atoms with Gasteiger partial charge in [0.25, 0.3) is 5.91 Å². The van der Waals surface area contributed by atoms with E-state index in [9.17, 15) is 9.90 Å². The summed E-state index contributed by atoms with van der Waals surface area (Å²) in [6.07, 6.45) is 3.69. The molecule has 2 aliphatic rings. The van der Waals surface area contributed by atoms with Gasteiger partial charge >= 0.3 is 0 Å². The van der Waals surface area contributed by atoms with Crippen molar-refractivity contribution in [2.24, 2.45) is 0 Å². The molecule has 0 spiro atoms. The predicted octanol–water partition coefficient (Wildman–Crippen LogP) is -0.705. The zero-order valence-electron chi connectivity index (χ0n) is 12.0. The molecule has 4 atom stereocenters. The maximum absolute atomic E-state index is 12.5. The topological polar surface area (TPSA) is 98.0 Å². The summed E-state index contributed by atoms with van der Waals surface area (Å²) in [7, 11) is 0. The van der Waals surface area contributed by atoms with Crippen LogP contribution >= 0.6 is 0 Å². The molecule has 0 aliphatic carbocycles. The number of aliphatic hydroxyl groups is 1. The highest BCUT2D eigenvalue weighted by Gasteiger charge is 2.47. The highest BCUT2D eigenvalue weighted by Crippen LogP contribution is 2.27. The second-order valence-corrected chi connectivity index (χ2v) is 5.70. The van der Waals surface area contributed by atoms with E-state index in [2.05, 4.69) is 15.4 Å². The molecule has 0 bridgehead atoms. The molecule has 2 aromatic heterocycles. The molecule has 8 heteroatoms. The van der Waals surface area contributed by atoms with Gasteiger partial charge in [0.05, 0.1) is 25.5 Å². The minimum atomic E-state index is -0.631. The van der Waals surface area contributed by atoms with E-state index in [1.807, 2.05) is 13.1 Å². The van der Waals surface area contributed by atoms with Crippen LogP contribution in [-0.2, 0) is 9.47 Å². The van der Waals surface area contributed by atoms with Crippen LogP contribution in [0.4, 0.5) is 0 Å². The first-order valence-corrected chi connectivity index (χ1v) is 7.15. The molecule has 2 aliphatic heterocycles. The lowest BCUT2D eigenvalue weighted by Crippen LogP contribution is -2.44. The summed E-state index contributed by atoms with van der Waals surface area (Å²) in [6.45, 7) is 2.47. The average Bonchev–Trinajstić information content (AvgIpc) is 3.16. The summed E-state index contributed by atoms with van der Waals surface area (Å²) in [5.74, 6) is -0.273. The highest BCUT2D eigenvalue weighted by atomic mass is 16.6. The third-order valence-electron chi connectivity index (χ3n) is 4.07. The molecule has 2 aromatic rings. The Kier molecular flexibility index (Phi) is 3.10. The molecular formula is C14H16N4O4. The summed E-state index contributed by atoms with van der Waals surface area (Å²) in [6, 6.07) is -0.282. The molecule has 22 heavy (non-hydrogen) atoms. The van der Waals surface area contributed by atoms with Gasteiger partial charge in [-0.1, -0.05) is 0 Å². The first-order chi connectivity index (χ1) is 10.6. The molecule has 2 fully saturated rings. The third-order valence-corrected chi connectivity index (χ3v) is 4.07. The number of amides is 1. The lowest BCUT2D eigenvalue weighted by Gasteiger charge is -2.16. The second kappa shape index (κ2) is 5.01. The van der Waals surface area contributed by atoms with Gasteiger partial charge in [0.15, 0.2) is 5.65 Å². The predicted molar refractivity (Wildman–Crippen MR) is 74.5 cm³/mol. The summed E-state index contributed by atoms with van der Waals surface area (Å²) >= 11 is 0. The van der Waals surface area contributed by atoms with Crippen LogP contribution in [0.3, 0.4) is 0 Å². The van der Waals surface area contributed by atoms with Gasteiger partial charge in [-0.2, -0.15) is 5.10 Å². The lowest BCUT2D eigenvalue weighted by atomic mass is 10.1. The van der Waals surface area contributed by atoms with Crippen molar-refractivity contribution in [3.63, 3.8) is 0 Å². The number of fused-ring (bicyclic) bond motifs is 2. The lowest BCUT2D eigenvalue weighted by molar-refractivity contribution is 0.0178. The van der Waals surface area contributed by atoms with Crippen molar-refractivity contribution in [2.45, 2.75) is 31.3 Å². The van der Waals surface area contributed by atoms with Gasteiger partial charge in [-0.25, -0.2) is 9.50 Å². The molecule has 0 radical (unpaired) electrons. The summed E-state index contributed by atoms with van der Waals surface area (Å²) in [5, 5.41) is 16.7. The first-order valence-electron chi connectivity index (χ1n) is 7.15. The van der Waals surface area contributed by atoms with Gasteiger partial charge in [-0.15, -0.1) is 0 Å². The molecule has 2 saturated heterocycles. The minimum Gasteiger partial charge on any atom is -0.388 e. The number of ether oxygens (including phenoxy) is 2. The van der Waals surface area contributed by atoms with Crippen LogP contribution in [-0.4, -0.2) is 63.2 Å². The number of hydrogen-bond donors (Lipinski definition) is 2. The average molecular weight is 304 g/mol. The van der Waals surface area contributed by atoms with Crippen LogP contribution in [0.5, 0.6) is 0 Å². The SMILES string of the molecule is Cc1cnc2c(C(=O)N[C@H]3CO[C@H]4[C@@H]3OC[C@@H]4O)cnn2c1. The molecule has 8 nitrogen and oxygen atoms in total. The van der Waals surface area contributed by atoms with E-state index in [0.29, 0.717) is 17.8 Å². The first kappa shape index (κ1) is 13.6. The Bertz CT molecular complexity index is 731. The molecule has 0 unspecified atom stereocenters. The number of aliphatic hydroxyl groups excluding tert-OH is 1. The van der Waals surface area contributed by atoms with Gasteiger partial charge in [0.1, 0.15) is 23.9 Å². The smallest absolute Gasteiger partial charge is 0.257 e. The number of nitrogens with one attached hydrogen (secondary N) is 1. The van der Waals surface area contributed by atoms with Crippen molar-refractivity contribution >= 4 is 11.6 Å². The fourth-order valence-electron chi connectivity index (χ4n) is 2.98. The number of carbonyl (C=O) groups excluding carboxylic acids is 1. The normalized spacial score (nSPS) is 30.6. The molecule has 4 rings (SSSR count). The van der Waals surface area contributed by atoms with Gasteiger partial charge in [0.2, 0.25) is 0 Å². The van der Waals surface area contributed by atoms with Crippen molar-refractivity contribution in [1.29, 1.82) is 0 Å². The second-order valence-electron chi connectivity index (χ2n) is 5.70. The minimum absolute atomic E-state index is 0.235. The number of carbonyl (C=O) groups is 1.